The monoisotopic (exact) mass is 435 g/mol. The molecule has 0 radical (unpaired) electrons. The zero-order valence-corrected chi connectivity index (χ0v) is 19.2. The molecule has 0 saturated carbocycles. The topological polar surface area (TPSA) is 69.0 Å². The van der Waals surface area contributed by atoms with Crippen LogP contribution in [0.4, 0.5) is 0 Å². The van der Waals surface area contributed by atoms with Gasteiger partial charge in [-0.3, -0.25) is 9.59 Å². The summed E-state index contributed by atoms with van der Waals surface area (Å²) in [7, 11) is 1.60. The summed E-state index contributed by atoms with van der Waals surface area (Å²) in [5.74, 6) is 0.529. The van der Waals surface area contributed by atoms with Gasteiger partial charge in [0.15, 0.2) is 5.43 Å². The number of carbonyl (C=O) groups excluding carboxylic acids is 1. The van der Waals surface area contributed by atoms with Crippen molar-refractivity contribution in [2.45, 2.75) is 46.3 Å². The summed E-state index contributed by atoms with van der Waals surface area (Å²) >= 11 is 0. The van der Waals surface area contributed by atoms with Crippen LogP contribution < -0.4 is 10.2 Å². The number of ether oxygens (including phenoxy) is 2. The van der Waals surface area contributed by atoms with Crippen LogP contribution in [-0.2, 0) is 4.74 Å². The zero-order valence-electron chi connectivity index (χ0n) is 19.2. The molecule has 0 N–H and O–H groups in total. The van der Waals surface area contributed by atoms with Crippen LogP contribution in [0.5, 0.6) is 5.75 Å². The van der Waals surface area contributed by atoms with Gasteiger partial charge in [0.1, 0.15) is 11.3 Å². The highest BCUT2D eigenvalue weighted by molar-refractivity contribution is 5.99. The van der Waals surface area contributed by atoms with E-state index in [9.17, 15) is 9.59 Å². The van der Waals surface area contributed by atoms with E-state index in [2.05, 4.69) is 0 Å². The average Bonchev–Trinajstić information content (AvgIpc) is 3.04. The van der Waals surface area contributed by atoms with Crippen molar-refractivity contribution in [2.24, 2.45) is 0 Å². The Morgan fingerprint density at radius 3 is 2.56 bits per heavy atom. The van der Waals surface area contributed by atoms with Crippen LogP contribution in [0.1, 0.15) is 59.1 Å². The summed E-state index contributed by atoms with van der Waals surface area (Å²) in [6, 6.07) is 10.6. The fourth-order valence-electron chi connectivity index (χ4n) is 4.22. The van der Waals surface area contributed by atoms with Crippen molar-refractivity contribution >= 4 is 16.9 Å². The minimum absolute atomic E-state index is 0.121. The second-order valence-electron chi connectivity index (χ2n) is 8.56. The van der Waals surface area contributed by atoms with E-state index in [1.807, 2.05) is 64.1 Å². The molecule has 0 spiro atoms. The van der Waals surface area contributed by atoms with Crippen LogP contribution in [0.3, 0.4) is 0 Å². The van der Waals surface area contributed by atoms with Gasteiger partial charge in [0.2, 0.25) is 5.76 Å². The fraction of sp³-hybridized carbons (Fsp3) is 0.385. The highest BCUT2D eigenvalue weighted by Crippen LogP contribution is 2.39. The lowest BCUT2D eigenvalue weighted by Crippen LogP contribution is -2.31. The molecule has 1 aromatic heterocycles. The molecule has 0 bridgehead atoms. The third-order valence-electron chi connectivity index (χ3n) is 5.99. The quantitative estimate of drug-likeness (QED) is 0.500. The number of nitrogens with zero attached hydrogens (tertiary/aromatic N) is 1. The number of fused-ring (bicyclic) bond motifs is 2. The van der Waals surface area contributed by atoms with Gasteiger partial charge in [-0.25, -0.2) is 0 Å². The normalized spacial score (nSPS) is 15.6. The lowest BCUT2D eigenvalue weighted by atomic mass is 9.97. The first kappa shape index (κ1) is 22.1. The average molecular weight is 436 g/mol. The van der Waals surface area contributed by atoms with Gasteiger partial charge in [0.05, 0.1) is 30.2 Å². The molecule has 1 amide bonds. The van der Waals surface area contributed by atoms with Crippen molar-refractivity contribution in [3.8, 4) is 5.75 Å². The highest BCUT2D eigenvalue weighted by atomic mass is 16.5. The Kier molecular flexibility index (Phi) is 6.07. The number of methoxy groups -OCH3 is 1. The van der Waals surface area contributed by atoms with Gasteiger partial charge in [-0.2, -0.15) is 0 Å². The van der Waals surface area contributed by atoms with Crippen LogP contribution in [0, 0.1) is 13.8 Å². The van der Waals surface area contributed by atoms with Gasteiger partial charge in [0, 0.05) is 13.2 Å². The predicted molar refractivity (Wildman–Crippen MR) is 124 cm³/mol. The van der Waals surface area contributed by atoms with E-state index in [-0.39, 0.29) is 23.2 Å². The van der Waals surface area contributed by atoms with E-state index in [0.29, 0.717) is 41.9 Å². The minimum atomic E-state index is -0.533. The minimum Gasteiger partial charge on any atom is -0.497 e. The third kappa shape index (κ3) is 3.91. The van der Waals surface area contributed by atoms with Crippen molar-refractivity contribution in [1.82, 2.24) is 4.90 Å². The van der Waals surface area contributed by atoms with Gasteiger partial charge in [0.25, 0.3) is 5.91 Å². The molecule has 1 aliphatic heterocycles. The smallest absolute Gasteiger partial charge is 0.290 e. The maximum atomic E-state index is 13.6. The Morgan fingerprint density at radius 2 is 1.84 bits per heavy atom. The van der Waals surface area contributed by atoms with Gasteiger partial charge in [-0.15, -0.1) is 0 Å². The van der Waals surface area contributed by atoms with E-state index in [1.165, 1.54) is 0 Å². The molecule has 6 heteroatoms. The van der Waals surface area contributed by atoms with Crippen LogP contribution in [0.15, 0.2) is 45.6 Å². The standard InChI is InChI=1S/C26H29NO5/c1-15(2)31-11-7-10-27-23(18-8-6-9-19(14-18)30-5)22-24(28)20-12-16(3)17(4)13-21(20)32-25(22)26(27)29/h6,8-9,12-15,23H,7,10-11H2,1-5H3. The molecular weight excluding hydrogens is 406 g/mol. The largest absolute Gasteiger partial charge is 0.497 e. The molecule has 6 nitrogen and oxygen atoms in total. The Balaban J connectivity index is 1.85. The maximum Gasteiger partial charge on any atom is 0.290 e. The summed E-state index contributed by atoms with van der Waals surface area (Å²) < 4.78 is 17.1. The summed E-state index contributed by atoms with van der Waals surface area (Å²) in [6.07, 6.45) is 0.778. The van der Waals surface area contributed by atoms with Crippen molar-refractivity contribution in [1.29, 1.82) is 0 Å². The lowest BCUT2D eigenvalue weighted by Gasteiger charge is -2.25. The van der Waals surface area contributed by atoms with Crippen LogP contribution in [0.2, 0.25) is 0 Å². The first-order chi connectivity index (χ1) is 15.3. The van der Waals surface area contributed by atoms with Gasteiger partial charge in [-0.1, -0.05) is 12.1 Å². The molecule has 168 valence electrons. The van der Waals surface area contributed by atoms with Crippen molar-refractivity contribution in [3.05, 3.63) is 74.6 Å². The number of aryl methyl sites for hydroxylation is 2. The summed E-state index contributed by atoms with van der Waals surface area (Å²) in [5, 5.41) is 0.498. The number of carbonyl (C=O) groups is 1. The molecule has 2 aromatic carbocycles. The van der Waals surface area contributed by atoms with Gasteiger partial charge in [-0.05, 0) is 75.1 Å². The molecule has 32 heavy (non-hydrogen) atoms. The molecule has 3 aromatic rings. The summed E-state index contributed by atoms with van der Waals surface area (Å²) in [6.45, 7) is 8.87. The van der Waals surface area contributed by atoms with E-state index in [1.54, 1.807) is 12.0 Å². The Hall–Kier alpha value is -3.12. The van der Waals surface area contributed by atoms with E-state index < -0.39 is 6.04 Å². The first-order valence-electron chi connectivity index (χ1n) is 11.0. The molecule has 1 atom stereocenters. The Morgan fingerprint density at radius 1 is 1.09 bits per heavy atom. The summed E-state index contributed by atoms with van der Waals surface area (Å²) in [5.41, 5.74) is 3.51. The highest BCUT2D eigenvalue weighted by Gasteiger charge is 2.42. The van der Waals surface area contributed by atoms with Crippen LogP contribution in [0.25, 0.3) is 11.0 Å². The Bertz CT molecular complexity index is 1230. The zero-order chi connectivity index (χ0) is 23.0. The molecule has 0 aliphatic carbocycles. The van der Waals surface area contributed by atoms with Crippen molar-refractivity contribution < 1.29 is 18.7 Å². The maximum absolute atomic E-state index is 13.6. The van der Waals surface area contributed by atoms with Crippen LogP contribution in [-0.4, -0.2) is 37.2 Å². The third-order valence-corrected chi connectivity index (χ3v) is 5.99. The van der Waals surface area contributed by atoms with Crippen LogP contribution >= 0.6 is 0 Å². The number of hydrogen-bond donors (Lipinski definition) is 0. The second kappa shape index (κ2) is 8.79. The molecule has 0 fully saturated rings. The fourth-order valence-corrected chi connectivity index (χ4v) is 4.22. The SMILES string of the molecule is COc1cccc(C2c3c(oc4cc(C)c(C)cc4c3=O)C(=O)N2CCCOC(C)C)c1. The van der Waals surface area contributed by atoms with Crippen molar-refractivity contribution in [2.75, 3.05) is 20.3 Å². The summed E-state index contributed by atoms with van der Waals surface area (Å²) in [4.78, 5) is 28.8. The predicted octanol–water partition coefficient (Wildman–Crippen LogP) is 4.78. The number of hydrogen-bond acceptors (Lipinski definition) is 5. The molecular formula is C26H29NO5. The van der Waals surface area contributed by atoms with Gasteiger partial charge >= 0.3 is 0 Å². The molecule has 4 rings (SSSR count). The number of rotatable bonds is 7. The Labute approximate surface area is 187 Å². The number of benzene rings is 2. The van der Waals surface area contributed by atoms with E-state index in [4.69, 9.17) is 13.9 Å². The van der Waals surface area contributed by atoms with Gasteiger partial charge < -0.3 is 18.8 Å². The lowest BCUT2D eigenvalue weighted by molar-refractivity contribution is 0.0593. The number of amides is 1. The first-order valence-corrected chi connectivity index (χ1v) is 11.0. The van der Waals surface area contributed by atoms with E-state index in [0.717, 1.165) is 16.7 Å². The van der Waals surface area contributed by atoms with Crippen molar-refractivity contribution in [3.63, 3.8) is 0 Å². The molecule has 1 unspecified atom stereocenters. The molecule has 0 saturated heterocycles. The molecule has 2 heterocycles. The molecule has 1 aliphatic rings. The van der Waals surface area contributed by atoms with E-state index >= 15 is 0 Å². The second-order valence-corrected chi connectivity index (χ2v) is 8.56.